The van der Waals surface area contributed by atoms with E-state index in [1.165, 1.54) is 96.3 Å². The van der Waals surface area contributed by atoms with Gasteiger partial charge >= 0.3 is 0 Å². The first-order valence-corrected chi connectivity index (χ1v) is 12.6. The van der Waals surface area contributed by atoms with Crippen LogP contribution in [0.5, 0.6) is 0 Å². The molecule has 0 heterocycles. The van der Waals surface area contributed by atoms with Gasteiger partial charge in [0.1, 0.15) is 0 Å². The van der Waals surface area contributed by atoms with Gasteiger partial charge < -0.3 is 0 Å². The zero-order valence-electron chi connectivity index (χ0n) is 18.4. The summed E-state index contributed by atoms with van der Waals surface area (Å²) in [6, 6.07) is 2.72. The lowest BCUT2D eigenvalue weighted by molar-refractivity contribution is 0.0838. The number of nitrogens with zero attached hydrogens (tertiary/aromatic N) is 1. The number of rotatable bonds is 7. The molecule has 1 nitrogen and oxygen atoms in total. The highest BCUT2D eigenvalue weighted by Crippen LogP contribution is 2.49. The molecule has 3 rings (SSSR count). The van der Waals surface area contributed by atoms with E-state index >= 15 is 0 Å². The smallest absolute Gasteiger partial charge is 0.0689 e. The highest BCUT2D eigenvalue weighted by Gasteiger charge is 2.40. The van der Waals surface area contributed by atoms with Crippen LogP contribution in [-0.4, -0.2) is 0 Å². The van der Waals surface area contributed by atoms with Crippen molar-refractivity contribution in [1.82, 2.24) is 0 Å². The Labute approximate surface area is 169 Å². The molecule has 1 heteroatoms. The summed E-state index contributed by atoms with van der Waals surface area (Å²) < 4.78 is 0. The molecule has 0 aromatic heterocycles. The van der Waals surface area contributed by atoms with Crippen LogP contribution in [0.4, 0.5) is 0 Å². The van der Waals surface area contributed by atoms with E-state index in [0.717, 1.165) is 42.4 Å². The molecule has 154 valence electrons. The summed E-state index contributed by atoms with van der Waals surface area (Å²) in [5.74, 6) is 4.93. The second kappa shape index (κ2) is 10.3. The fourth-order valence-electron chi connectivity index (χ4n) is 7.03. The van der Waals surface area contributed by atoms with Crippen LogP contribution >= 0.6 is 0 Å². The van der Waals surface area contributed by atoms with Crippen molar-refractivity contribution in [3.8, 4) is 6.07 Å². The maximum Gasteiger partial charge on any atom is 0.0689 e. The van der Waals surface area contributed by atoms with Crippen molar-refractivity contribution in [3.63, 3.8) is 0 Å². The normalized spacial score (nSPS) is 40.4. The molecule has 3 fully saturated rings. The van der Waals surface area contributed by atoms with E-state index in [4.69, 9.17) is 0 Å². The third-order valence-electron chi connectivity index (χ3n) is 9.05. The lowest BCUT2D eigenvalue weighted by atomic mass is 9.61. The quantitative estimate of drug-likeness (QED) is 0.413. The summed E-state index contributed by atoms with van der Waals surface area (Å²) in [4.78, 5) is 0. The van der Waals surface area contributed by atoms with Crippen molar-refractivity contribution < 1.29 is 0 Å². The Morgan fingerprint density at radius 3 is 1.93 bits per heavy atom. The number of hydrogen-bond donors (Lipinski definition) is 0. The van der Waals surface area contributed by atoms with Crippen LogP contribution in [0.2, 0.25) is 0 Å². The summed E-state index contributed by atoms with van der Waals surface area (Å²) in [6.07, 6.45) is 24.0. The zero-order chi connectivity index (χ0) is 19.1. The zero-order valence-corrected chi connectivity index (χ0v) is 18.4. The fraction of sp³-hybridized carbons (Fsp3) is 0.962. The SMILES string of the molecule is CCCCC[C@H]1CC[C@H](C2CCC(C3CCCC(C#N)(CC)C3)CC2)CC1. The predicted molar refractivity (Wildman–Crippen MR) is 115 cm³/mol. The molecular formula is C26H45N. The van der Waals surface area contributed by atoms with Gasteiger partial charge in [0, 0.05) is 0 Å². The predicted octanol–water partition coefficient (Wildman–Crippen LogP) is 8.29. The van der Waals surface area contributed by atoms with E-state index in [1.54, 1.807) is 0 Å². The molecule has 0 aromatic rings. The van der Waals surface area contributed by atoms with Crippen LogP contribution in [0.15, 0.2) is 0 Å². The molecule has 0 bridgehead atoms. The van der Waals surface area contributed by atoms with Crippen molar-refractivity contribution >= 4 is 0 Å². The van der Waals surface area contributed by atoms with Crippen LogP contribution in [0.3, 0.4) is 0 Å². The molecule has 3 aliphatic rings. The van der Waals surface area contributed by atoms with E-state index in [0.29, 0.717) is 0 Å². The average Bonchev–Trinajstić information content (AvgIpc) is 2.74. The molecule has 0 aromatic carbocycles. The summed E-state index contributed by atoms with van der Waals surface area (Å²) in [5, 5.41) is 9.71. The second-order valence-corrected chi connectivity index (χ2v) is 10.6. The maximum absolute atomic E-state index is 9.71. The first-order chi connectivity index (χ1) is 13.2. The van der Waals surface area contributed by atoms with Gasteiger partial charge in [0.25, 0.3) is 0 Å². The van der Waals surface area contributed by atoms with Gasteiger partial charge in [-0.2, -0.15) is 5.26 Å². The fourth-order valence-corrected chi connectivity index (χ4v) is 7.03. The Morgan fingerprint density at radius 2 is 1.37 bits per heavy atom. The molecule has 0 spiro atoms. The Bertz CT molecular complexity index is 461. The van der Waals surface area contributed by atoms with E-state index in [2.05, 4.69) is 19.9 Å². The maximum atomic E-state index is 9.71. The first-order valence-electron chi connectivity index (χ1n) is 12.6. The van der Waals surface area contributed by atoms with Crippen molar-refractivity contribution in [3.05, 3.63) is 0 Å². The molecule has 27 heavy (non-hydrogen) atoms. The van der Waals surface area contributed by atoms with Gasteiger partial charge in [0.15, 0.2) is 0 Å². The molecule has 2 atom stereocenters. The van der Waals surface area contributed by atoms with Crippen LogP contribution < -0.4 is 0 Å². The number of unbranched alkanes of at least 4 members (excludes halogenated alkanes) is 2. The summed E-state index contributed by atoms with van der Waals surface area (Å²) >= 11 is 0. The van der Waals surface area contributed by atoms with Gasteiger partial charge in [-0.05, 0) is 87.4 Å². The van der Waals surface area contributed by atoms with E-state index in [-0.39, 0.29) is 5.41 Å². The summed E-state index contributed by atoms with van der Waals surface area (Å²) in [5.41, 5.74) is 0.0237. The lowest BCUT2D eigenvalue weighted by Crippen LogP contribution is -2.33. The molecule has 0 amide bonds. The van der Waals surface area contributed by atoms with Gasteiger partial charge in [-0.25, -0.2) is 0 Å². The first kappa shape index (κ1) is 21.2. The highest BCUT2D eigenvalue weighted by molar-refractivity contribution is 5.02. The van der Waals surface area contributed by atoms with E-state index in [1.807, 2.05) is 0 Å². The third-order valence-corrected chi connectivity index (χ3v) is 9.05. The van der Waals surface area contributed by atoms with Crippen LogP contribution in [-0.2, 0) is 0 Å². The third kappa shape index (κ3) is 5.52. The number of nitriles is 1. The second-order valence-electron chi connectivity index (χ2n) is 10.6. The summed E-state index contributed by atoms with van der Waals surface area (Å²) in [6.45, 7) is 4.56. The Balaban J connectivity index is 1.40. The van der Waals surface area contributed by atoms with Gasteiger partial charge in [0.2, 0.25) is 0 Å². The van der Waals surface area contributed by atoms with Crippen LogP contribution in [0, 0.1) is 46.3 Å². The lowest BCUT2D eigenvalue weighted by Gasteiger charge is -2.43. The molecule has 0 saturated heterocycles. The largest absolute Gasteiger partial charge is 0.198 e. The van der Waals surface area contributed by atoms with E-state index < -0.39 is 0 Å². The van der Waals surface area contributed by atoms with Crippen molar-refractivity contribution in [2.75, 3.05) is 0 Å². The standard InChI is InChI=1S/C26H45N/c1-3-5-6-8-21-10-12-22(13-11-21)23-14-16-24(17-15-23)25-9-7-18-26(4-2,19-25)20-27/h21-25H,3-19H2,1-2H3/t21-,22-,23?,24?,25?,26?. The van der Waals surface area contributed by atoms with Gasteiger partial charge in [-0.1, -0.05) is 65.2 Å². The molecule has 2 unspecified atom stereocenters. The van der Waals surface area contributed by atoms with Gasteiger partial charge in [0.05, 0.1) is 11.5 Å². The molecule has 0 radical (unpaired) electrons. The molecule has 0 aliphatic heterocycles. The van der Waals surface area contributed by atoms with Crippen molar-refractivity contribution in [2.45, 2.75) is 123 Å². The molecule has 0 N–H and O–H groups in total. The minimum absolute atomic E-state index is 0.0237. The topological polar surface area (TPSA) is 23.8 Å². The number of hydrogen-bond acceptors (Lipinski definition) is 1. The highest BCUT2D eigenvalue weighted by atomic mass is 14.5. The van der Waals surface area contributed by atoms with Gasteiger partial charge in [-0.15, -0.1) is 0 Å². The average molecular weight is 372 g/mol. The molecule has 3 saturated carbocycles. The Morgan fingerprint density at radius 1 is 0.778 bits per heavy atom. The minimum Gasteiger partial charge on any atom is -0.198 e. The molecular weight excluding hydrogens is 326 g/mol. The van der Waals surface area contributed by atoms with Gasteiger partial charge in [-0.3, -0.25) is 0 Å². The van der Waals surface area contributed by atoms with Crippen LogP contribution in [0.25, 0.3) is 0 Å². The molecule has 3 aliphatic carbocycles. The van der Waals surface area contributed by atoms with E-state index in [9.17, 15) is 5.26 Å². The Hall–Kier alpha value is -0.510. The minimum atomic E-state index is 0.0237. The van der Waals surface area contributed by atoms with Crippen molar-refractivity contribution in [2.24, 2.45) is 35.0 Å². The Kier molecular flexibility index (Phi) is 8.10. The van der Waals surface area contributed by atoms with Crippen LogP contribution in [0.1, 0.15) is 123 Å². The van der Waals surface area contributed by atoms with Crippen molar-refractivity contribution in [1.29, 1.82) is 5.26 Å². The monoisotopic (exact) mass is 371 g/mol. The summed E-state index contributed by atoms with van der Waals surface area (Å²) in [7, 11) is 0.